The first-order valence-electron chi connectivity index (χ1n) is 7.11. The summed E-state index contributed by atoms with van der Waals surface area (Å²) in [5.74, 6) is 1.03. The van der Waals surface area contributed by atoms with Crippen LogP contribution in [0, 0.1) is 10.5 Å². The van der Waals surface area contributed by atoms with Crippen molar-refractivity contribution in [2.75, 3.05) is 19.5 Å². The number of carbonyl (C=O) groups is 1. The van der Waals surface area contributed by atoms with Crippen LogP contribution >= 0.6 is 38.5 Å². The van der Waals surface area contributed by atoms with Crippen molar-refractivity contribution in [1.82, 2.24) is 0 Å². The number of methoxy groups -OCH3 is 2. The predicted molar refractivity (Wildman–Crippen MR) is 109 cm³/mol. The summed E-state index contributed by atoms with van der Waals surface area (Å²) in [7, 11) is 3.15. The molecule has 24 heavy (non-hydrogen) atoms. The highest BCUT2D eigenvalue weighted by Gasteiger charge is 2.09. The Hall–Kier alpha value is -1.54. The van der Waals surface area contributed by atoms with E-state index in [9.17, 15) is 4.79 Å². The van der Waals surface area contributed by atoms with Crippen molar-refractivity contribution in [3.8, 4) is 11.5 Å². The molecule has 0 aliphatic heterocycles. The van der Waals surface area contributed by atoms with Crippen molar-refractivity contribution < 1.29 is 14.3 Å². The highest BCUT2D eigenvalue weighted by molar-refractivity contribution is 14.1. The Bertz CT molecular complexity index is 790. The van der Waals surface area contributed by atoms with Gasteiger partial charge in [-0.05, 0) is 93.0 Å². The van der Waals surface area contributed by atoms with Gasteiger partial charge < -0.3 is 14.8 Å². The molecule has 1 amide bonds. The Morgan fingerprint density at radius 3 is 2.58 bits per heavy atom. The molecule has 0 spiro atoms. The quantitative estimate of drug-likeness (QED) is 0.461. The molecule has 126 valence electrons. The number of amides is 1. The number of hydrogen-bond acceptors (Lipinski definition) is 3. The van der Waals surface area contributed by atoms with Gasteiger partial charge in [0.25, 0.3) is 0 Å². The van der Waals surface area contributed by atoms with Gasteiger partial charge in [-0.15, -0.1) is 0 Å². The minimum absolute atomic E-state index is 0.190. The Morgan fingerprint density at radius 1 is 1.21 bits per heavy atom. The number of rotatable bonds is 5. The zero-order chi connectivity index (χ0) is 17.7. The van der Waals surface area contributed by atoms with Gasteiger partial charge in [0.15, 0.2) is 11.5 Å². The van der Waals surface area contributed by atoms with Crippen LogP contribution in [0.2, 0.25) is 0 Å². The van der Waals surface area contributed by atoms with Crippen LogP contribution in [0.1, 0.15) is 11.1 Å². The Balaban J connectivity index is 2.15. The summed E-state index contributed by atoms with van der Waals surface area (Å²) < 4.78 is 12.5. The fourth-order valence-electron chi connectivity index (χ4n) is 2.15. The van der Waals surface area contributed by atoms with Gasteiger partial charge in [-0.1, -0.05) is 0 Å². The molecule has 0 atom stereocenters. The Morgan fingerprint density at radius 2 is 1.96 bits per heavy atom. The van der Waals surface area contributed by atoms with E-state index in [1.54, 1.807) is 20.3 Å². The lowest BCUT2D eigenvalue weighted by molar-refractivity contribution is -0.111. The number of hydrogen-bond donors (Lipinski definition) is 1. The van der Waals surface area contributed by atoms with Crippen molar-refractivity contribution >= 4 is 56.2 Å². The highest BCUT2D eigenvalue weighted by Crippen LogP contribution is 2.36. The molecule has 6 heteroatoms. The van der Waals surface area contributed by atoms with Gasteiger partial charge in [-0.3, -0.25) is 4.79 Å². The van der Waals surface area contributed by atoms with Gasteiger partial charge in [0.1, 0.15) is 0 Å². The van der Waals surface area contributed by atoms with Gasteiger partial charge in [0, 0.05) is 15.3 Å². The molecule has 0 saturated carbocycles. The second-order valence-electron chi connectivity index (χ2n) is 5.02. The summed E-state index contributed by atoms with van der Waals surface area (Å²) >= 11 is 5.68. The summed E-state index contributed by atoms with van der Waals surface area (Å²) in [6.07, 6.45) is 3.22. The van der Waals surface area contributed by atoms with Gasteiger partial charge in [-0.25, -0.2) is 0 Å². The fraction of sp³-hybridized carbons (Fsp3) is 0.167. The highest BCUT2D eigenvalue weighted by atomic mass is 127. The van der Waals surface area contributed by atoms with Gasteiger partial charge in [0.2, 0.25) is 5.91 Å². The van der Waals surface area contributed by atoms with Crippen LogP contribution in [-0.2, 0) is 4.79 Å². The Kier molecular flexibility index (Phi) is 6.68. The molecule has 0 fully saturated rings. The number of benzene rings is 2. The lowest BCUT2D eigenvalue weighted by atomic mass is 10.1. The maximum absolute atomic E-state index is 12.1. The van der Waals surface area contributed by atoms with E-state index in [-0.39, 0.29) is 5.91 Å². The van der Waals surface area contributed by atoms with Crippen LogP contribution in [0.25, 0.3) is 6.08 Å². The van der Waals surface area contributed by atoms with Crippen LogP contribution in [-0.4, -0.2) is 20.1 Å². The minimum Gasteiger partial charge on any atom is -0.493 e. The summed E-state index contributed by atoms with van der Waals surface area (Å²) in [6.45, 7) is 1.97. The molecule has 1 N–H and O–H groups in total. The van der Waals surface area contributed by atoms with Crippen LogP contribution in [0.5, 0.6) is 11.5 Å². The fourth-order valence-corrected chi connectivity index (χ4v) is 3.42. The first-order valence-corrected chi connectivity index (χ1v) is 8.98. The third-order valence-electron chi connectivity index (χ3n) is 3.33. The van der Waals surface area contributed by atoms with Gasteiger partial charge in [-0.2, -0.15) is 0 Å². The van der Waals surface area contributed by atoms with E-state index in [1.807, 2.05) is 37.3 Å². The zero-order valence-corrected chi connectivity index (χ0v) is 17.3. The monoisotopic (exact) mass is 501 g/mol. The van der Waals surface area contributed by atoms with E-state index >= 15 is 0 Å². The van der Waals surface area contributed by atoms with E-state index < -0.39 is 0 Å². The predicted octanol–water partition coefficient (Wildman–Crippen LogP) is 5.03. The molecular weight excluding hydrogens is 485 g/mol. The second kappa shape index (κ2) is 8.53. The molecule has 2 aromatic rings. The lowest BCUT2D eigenvalue weighted by Crippen LogP contribution is -2.08. The van der Waals surface area contributed by atoms with Crippen molar-refractivity contribution in [3.63, 3.8) is 0 Å². The molecule has 2 rings (SSSR count). The van der Waals surface area contributed by atoms with Crippen molar-refractivity contribution in [2.45, 2.75) is 6.92 Å². The van der Waals surface area contributed by atoms with Gasteiger partial charge in [0.05, 0.1) is 18.7 Å². The molecule has 0 bridgehead atoms. The largest absolute Gasteiger partial charge is 0.493 e. The molecule has 0 saturated heterocycles. The number of nitrogens with one attached hydrogen (secondary N) is 1. The first-order chi connectivity index (χ1) is 11.4. The van der Waals surface area contributed by atoms with Crippen molar-refractivity contribution in [1.29, 1.82) is 0 Å². The molecule has 4 nitrogen and oxygen atoms in total. The molecule has 0 heterocycles. The maximum atomic E-state index is 12.1. The minimum atomic E-state index is -0.190. The smallest absolute Gasteiger partial charge is 0.248 e. The van der Waals surface area contributed by atoms with Crippen LogP contribution < -0.4 is 14.8 Å². The molecule has 0 aliphatic carbocycles. The average molecular weight is 502 g/mol. The average Bonchev–Trinajstić information content (AvgIpc) is 2.55. The van der Waals surface area contributed by atoms with E-state index in [1.165, 1.54) is 6.08 Å². The number of anilines is 1. The standard InChI is InChI=1S/C18H17BrINO3/c1-11-8-13(20)5-6-15(11)21-17(22)7-4-12-9-14(19)18(24-3)16(10-12)23-2/h4-10H,1-3H3,(H,21,22)/b7-4+. The molecule has 0 unspecified atom stereocenters. The summed E-state index contributed by atoms with van der Waals surface area (Å²) in [5, 5.41) is 2.88. The third-order valence-corrected chi connectivity index (χ3v) is 4.59. The molecule has 0 aliphatic rings. The normalized spacial score (nSPS) is 10.7. The Labute approximate surface area is 163 Å². The van der Waals surface area contributed by atoms with E-state index in [4.69, 9.17) is 9.47 Å². The lowest BCUT2D eigenvalue weighted by Gasteiger charge is -2.10. The number of carbonyl (C=O) groups excluding carboxylic acids is 1. The van der Waals surface area contributed by atoms with Crippen LogP contribution in [0.3, 0.4) is 0 Å². The summed E-state index contributed by atoms with van der Waals surface area (Å²) in [6, 6.07) is 9.55. The van der Waals surface area contributed by atoms with E-state index in [0.29, 0.717) is 11.5 Å². The first kappa shape index (κ1) is 18.8. The molecule has 0 radical (unpaired) electrons. The van der Waals surface area contributed by atoms with E-state index in [0.717, 1.165) is 24.9 Å². The van der Waals surface area contributed by atoms with Crippen LogP contribution in [0.15, 0.2) is 40.9 Å². The van der Waals surface area contributed by atoms with E-state index in [2.05, 4.69) is 43.8 Å². The SMILES string of the molecule is COc1cc(/C=C/C(=O)Nc2ccc(I)cc2C)cc(Br)c1OC. The zero-order valence-electron chi connectivity index (χ0n) is 13.5. The molecular formula is C18H17BrINO3. The molecule has 0 aromatic heterocycles. The number of aryl methyl sites for hydroxylation is 1. The number of halogens is 2. The maximum Gasteiger partial charge on any atom is 0.248 e. The molecule has 2 aromatic carbocycles. The van der Waals surface area contributed by atoms with Crippen molar-refractivity contribution in [2.24, 2.45) is 0 Å². The number of ether oxygens (including phenoxy) is 2. The topological polar surface area (TPSA) is 47.6 Å². The van der Waals surface area contributed by atoms with Crippen LogP contribution in [0.4, 0.5) is 5.69 Å². The second-order valence-corrected chi connectivity index (χ2v) is 7.12. The summed E-state index contributed by atoms with van der Waals surface area (Å²) in [5.41, 5.74) is 2.66. The van der Waals surface area contributed by atoms with Gasteiger partial charge >= 0.3 is 0 Å². The van der Waals surface area contributed by atoms with Crippen molar-refractivity contribution in [3.05, 3.63) is 55.6 Å². The third kappa shape index (κ3) is 4.73. The summed E-state index contributed by atoms with van der Waals surface area (Å²) in [4.78, 5) is 12.1.